The van der Waals surface area contributed by atoms with E-state index in [9.17, 15) is 28.8 Å². The monoisotopic (exact) mass is 466 g/mol. The molecule has 0 aromatic rings. The Balaban J connectivity index is 4.03. The van der Waals surface area contributed by atoms with Gasteiger partial charge in [-0.25, -0.2) is 0 Å². The summed E-state index contributed by atoms with van der Waals surface area (Å²) < 4.78 is 8.81. The molecule has 0 aromatic heterocycles. The molecule has 0 heterocycles. The van der Waals surface area contributed by atoms with Crippen LogP contribution in [0, 0.1) is 0 Å². The normalized spacial score (nSPS) is 9.37. The minimum atomic E-state index is -2.70. The van der Waals surface area contributed by atoms with Crippen molar-refractivity contribution in [3.05, 3.63) is 0 Å². The first-order valence-corrected chi connectivity index (χ1v) is 8.13. The standard InChI is InChI=1S/2C5H6O4.Pb/c2*1-3(6)2-4(7)5(8)9;/h2*2H2,1H3,(H,8,9);/q;;+2/p-2. The molecular formula is C10H10O8Pb. The summed E-state index contributed by atoms with van der Waals surface area (Å²) >= 11 is -2.70. The van der Waals surface area contributed by atoms with E-state index in [1.807, 2.05) is 0 Å². The summed E-state index contributed by atoms with van der Waals surface area (Å²) in [5.41, 5.74) is 0. The predicted octanol–water partition coefficient (Wildman–Crippen LogP) is -1.30. The van der Waals surface area contributed by atoms with Crippen molar-refractivity contribution in [2.45, 2.75) is 26.7 Å². The van der Waals surface area contributed by atoms with Crippen molar-refractivity contribution in [1.82, 2.24) is 0 Å². The van der Waals surface area contributed by atoms with E-state index < -0.39 is 73.1 Å². The summed E-state index contributed by atoms with van der Waals surface area (Å²) in [4.78, 5) is 65.1. The third-order valence-corrected chi connectivity index (χ3v) is 3.63. The van der Waals surface area contributed by atoms with Crippen LogP contribution in [0.1, 0.15) is 26.7 Å². The first-order chi connectivity index (χ1) is 8.73. The Hall–Kier alpha value is -1.46. The number of rotatable bonds is 8. The third-order valence-electron chi connectivity index (χ3n) is 1.54. The molecular weight excluding hydrogens is 455 g/mol. The van der Waals surface area contributed by atoms with Crippen molar-refractivity contribution in [3.63, 3.8) is 0 Å². The zero-order chi connectivity index (χ0) is 15.0. The molecule has 0 saturated carbocycles. The number of carbonyl (C=O) groups excluding carboxylic acids is 6. The van der Waals surface area contributed by atoms with E-state index in [1.54, 1.807) is 0 Å². The van der Waals surface area contributed by atoms with Gasteiger partial charge in [-0.1, -0.05) is 0 Å². The van der Waals surface area contributed by atoms with Gasteiger partial charge in [-0.2, -0.15) is 0 Å². The van der Waals surface area contributed by atoms with Crippen molar-refractivity contribution in [3.8, 4) is 0 Å². The van der Waals surface area contributed by atoms with Crippen LogP contribution in [0.4, 0.5) is 0 Å². The van der Waals surface area contributed by atoms with Crippen molar-refractivity contribution in [1.29, 1.82) is 0 Å². The fourth-order valence-electron chi connectivity index (χ4n) is 0.807. The molecule has 0 aromatic carbocycles. The van der Waals surface area contributed by atoms with E-state index in [0.29, 0.717) is 0 Å². The SMILES string of the molecule is CC(=O)CC(=O)C(=O)[O][Pb][O]C(=O)C(=O)CC(C)=O. The van der Waals surface area contributed by atoms with Crippen molar-refractivity contribution >= 4 is 60.2 Å². The van der Waals surface area contributed by atoms with Gasteiger partial charge in [0, 0.05) is 0 Å². The Bertz CT molecular complexity index is 399. The average Bonchev–Trinajstić information content (AvgIpc) is 2.26. The summed E-state index contributed by atoms with van der Waals surface area (Å²) in [6.07, 6.45) is -1.17. The van der Waals surface area contributed by atoms with E-state index in [-0.39, 0.29) is 0 Å². The first-order valence-electron chi connectivity index (χ1n) is 4.96. The van der Waals surface area contributed by atoms with E-state index in [2.05, 4.69) is 5.37 Å². The maximum atomic E-state index is 11.0. The number of hydrogen-bond acceptors (Lipinski definition) is 8. The van der Waals surface area contributed by atoms with Crippen LogP contribution in [0.15, 0.2) is 0 Å². The Morgan fingerprint density at radius 1 is 0.737 bits per heavy atom. The summed E-state index contributed by atoms with van der Waals surface area (Å²) in [5.74, 6) is -5.58. The quantitative estimate of drug-likeness (QED) is 0.247. The van der Waals surface area contributed by atoms with Gasteiger partial charge in [0.2, 0.25) is 0 Å². The van der Waals surface area contributed by atoms with Crippen molar-refractivity contribution in [2.75, 3.05) is 0 Å². The molecule has 102 valence electrons. The predicted molar refractivity (Wildman–Crippen MR) is 58.5 cm³/mol. The van der Waals surface area contributed by atoms with Crippen molar-refractivity contribution < 1.29 is 34.1 Å². The minimum absolute atomic E-state index is 0.496. The molecule has 0 aliphatic rings. The van der Waals surface area contributed by atoms with E-state index >= 15 is 0 Å². The fourth-order valence-corrected chi connectivity index (χ4v) is 2.44. The number of ketones is 4. The molecule has 0 aliphatic carbocycles. The third kappa shape index (κ3) is 8.29. The molecule has 0 aliphatic heterocycles. The fraction of sp³-hybridized carbons (Fsp3) is 0.400. The Morgan fingerprint density at radius 2 is 1.05 bits per heavy atom. The number of hydrogen-bond donors (Lipinski definition) is 0. The van der Waals surface area contributed by atoms with Gasteiger partial charge in [0.25, 0.3) is 0 Å². The zero-order valence-corrected chi connectivity index (χ0v) is 14.1. The van der Waals surface area contributed by atoms with Gasteiger partial charge in [-0.15, -0.1) is 0 Å². The van der Waals surface area contributed by atoms with Crippen LogP contribution in [-0.4, -0.2) is 60.2 Å². The molecule has 0 rings (SSSR count). The topological polar surface area (TPSA) is 121 Å². The first kappa shape index (κ1) is 17.5. The molecule has 0 fully saturated rings. The van der Waals surface area contributed by atoms with E-state index in [4.69, 9.17) is 0 Å². The molecule has 0 unspecified atom stereocenters. The molecule has 2 radical (unpaired) electrons. The summed E-state index contributed by atoms with van der Waals surface area (Å²) in [6.45, 7) is 2.27. The average molecular weight is 465 g/mol. The Kier molecular flexibility index (Phi) is 7.95. The molecule has 19 heavy (non-hydrogen) atoms. The van der Waals surface area contributed by atoms with Crippen LogP contribution in [0.5, 0.6) is 0 Å². The van der Waals surface area contributed by atoms with Crippen LogP contribution < -0.4 is 0 Å². The molecule has 0 spiro atoms. The molecule has 0 atom stereocenters. The van der Waals surface area contributed by atoms with E-state index in [0.717, 1.165) is 13.8 Å². The van der Waals surface area contributed by atoms with Gasteiger partial charge >= 0.3 is 121 Å². The maximum absolute atomic E-state index is 11.0. The molecule has 8 nitrogen and oxygen atoms in total. The Labute approximate surface area is 121 Å². The second-order valence-electron chi connectivity index (χ2n) is 3.47. The summed E-state index contributed by atoms with van der Waals surface area (Å²) in [5, 5.41) is 0. The van der Waals surface area contributed by atoms with E-state index in [1.165, 1.54) is 0 Å². The van der Waals surface area contributed by atoms with Gasteiger partial charge in [0.15, 0.2) is 0 Å². The zero-order valence-electron chi connectivity index (χ0n) is 10.2. The number of carbonyl (C=O) groups is 6. The molecule has 9 heteroatoms. The summed E-state index contributed by atoms with van der Waals surface area (Å²) in [6, 6.07) is 0. The van der Waals surface area contributed by atoms with Gasteiger partial charge in [-0.3, -0.25) is 0 Å². The summed E-state index contributed by atoms with van der Waals surface area (Å²) in [7, 11) is 0. The molecule has 0 amide bonds. The van der Waals surface area contributed by atoms with Crippen molar-refractivity contribution in [2.24, 2.45) is 0 Å². The van der Waals surface area contributed by atoms with Crippen LogP contribution in [-0.2, 0) is 34.1 Å². The van der Waals surface area contributed by atoms with Gasteiger partial charge in [-0.05, 0) is 0 Å². The molecule has 0 bridgehead atoms. The number of Topliss-reactive ketones (excluding diaryl/α,β-unsaturated/α-hetero) is 4. The molecule has 0 N–H and O–H groups in total. The molecule has 0 saturated heterocycles. The van der Waals surface area contributed by atoms with Crippen LogP contribution in [0.3, 0.4) is 0 Å². The second kappa shape index (κ2) is 8.61. The second-order valence-corrected chi connectivity index (χ2v) is 5.70. The van der Waals surface area contributed by atoms with Crippen LogP contribution in [0.2, 0.25) is 0 Å². The van der Waals surface area contributed by atoms with Gasteiger partial charge in [0.05, 0.1) is 0 Å². The van der Waals surface area contributed by atoms with Crippen LogP contribution >= 0.6 is 0 Å². The van der Waals surface area contributed by atoms with Crippen LogP contribution in [0.25, 0.3) is 0 Å². The van der Waals surface area contributed by atoms with Gasteiger partial charge < -0.3 is 0 Å². The Morgan fingerprint density at radius 3 is 1.32 bits per heavy atom. The van der Waals surface area contributed by atoms with Gasteiger partial charge in [0.1, 0.15) is 0 Å².